The molecule has 3 N–H and O–H groups in total. The number of rotatable bonds is 7. The summed E-state index contributed by atoms with van der Waals surface area (Å²) in [4.78, 5) is 25.9. The quantitative estimate of drug-likeness (QED) is 0.256. The minimum absolute atomic E-state index is 0.169. The lowest BCUT2D eigenvalue weighted by Crippen LogP contribution is -2.11. The van der Waals surface area contributed by atoms with E-state index >= 15 is 0 Å². The van der Waals surface area contributed by atoms with Crippen LogP contribution in [-0.2, 0) is 0 Å². The van der Waals surface area contributed by atoms with Crippen LogP contribution < -0.4 is 20.7 Å². The standard InChI is InChI=1S/C26H22N6O2S/c1-16-13-24(29-18-8-10-21(34-2)11-9-18)32-26(28-16)31-20-6-4-19(5-7-20)30-25(33)17-3-12-22-23(14-17)35-15-27-22/h3-15H,1-2H3,(H,30,33)(H2,28,29,31,32). The van der Waals surface area contributed by atoms with Crippen molar-refractivity contribution in [2.24, 2.45) is 0 Å². The average Bonchev–Trinajstić information content (AvgIpc) is 3.33. The molecule has 9 heteroatoms. The second-order valence-electron chi connectivity index (χ2n) is 7.76. The molecule has 0 saturated heterocycles. The predicted molar refractivity (Wildman–Crippen MR) is 140 cm³/mol. The first-order valence-corrected chi connectivity index (χ1v) is 11.7. The third-order valence-corrected chi connectivity index (χ3v) is 6.00. The minimum atomic E-state index is -0.169. The molecular weight excluding hydrogens is 460 g/mol. The van der Waals surface area contributed by atoms with Crippen molar-refractivity contribution < 1.29 is 9.53 Å². The Bertz CT molecular complexity index is 1480. The molecule has 0 aliphatic carbocycles. The number of ether oxygens (including phenoxy) is 1. The van der Waals surface area contributed by atoms with Gasteiger partial charge in [-0.3, -0.25) is 4.79 Å². The summed E-state index contributed by atoms with van der Waals surface area (Å²) in [6.45, 7) is 1.91. The number of amides is 1. The number of carbonyl (C=O) groups excluding carboxylic acids is 1. The van der Waals surface area contributed by atoms with Gasteiger partial charge in [0, 0.05) is 34.4 Å². The second-order valence-corrected chi connectivity index (χ2v) is 8.65. The topological polar surface area (TPSA) is 101 Å². The Morgan fingerprint density at radius 3 is 2.34 bits per heavy atom. The van der Waals surface area contributed by atoms with E-state index in [4.69, 9.17) is 4.74 Å². The Balaban J connectivity index is 1.25. The molecule has 0 saturated carbocycles. The summed E-state index contributed by atoms with van der Waals surface area (Å²) in [7, 11) is 1.64. The summed E-state index contributed by atoms with van der Waals surface area (Å²) in [6.07, 6.45) is 0. The summed E-state index contributed by atoms with van der Waals surface area (Å²) >= 11 is 1.51. The number of hydrogen-bond acceptors (Lipinski definition) is 8. The normalized spacial score (nSPS) is 10.7. The van der Waals surface area contributed by atoms with E-state index < -0.39 is 0 Å². The molecule has 0 atom stereocenters. The van der Waals surface area contributed by atoms with Gasteiger partial charge < -0.3 is 20.7 Å². The van der Waals surface area contributed by atoms with E-state index in [1.54, 1.807) is 18.7 Å². The number of nitrogens with zero attached hydrogens (tertiary/aromatic N) is 3. The first-order valence-electron chi connectivity index (χ1n) is 10.8. The van der Waals surface area contributed by atoms with Crippen LogP contribution in [0.1, 0.15) is 16.1 Å². The van der Waals surface area contributed by atoms with Crippen LogP contribution in [0.15, 0.2) is 78.3 Å². The van der Waals surface area contributed by atoms with Crippen LogP contribution in [-0.4, -0.2) is 28.0 Å². The molecule has 3 aromatic carbocycles. The predicted octanol–water partition coefficient (Wildman–Crippen LogP) is 6.14. The molecule has 174 valence electrons. The lowest BCUT2D eigenvalue weighted by atomic mass is 10.2. The highest BCUT2D eigenvalue weighted by Crippen LogP contribution is 2.23. The SMILES string of the molecule is COc1ccc(Nc2cc(C)nc(Nc3ccc(NC(=O)c4ccc5ncsc5c4)cc3)n2)cc1. The number of methoxy groups -OCH3 is 1. The molecule has 0 bridgehead atoms. The van der Waals surface area contributed by atoms with Crippen LogP contribution in [0.4, 0.5) is 28.8 Å². The molecule has 0 fully saturated rings. The van der Waals surface area contributed by atoms with Crippen molar-refractivity contribution in [1.29, 1.82) is 0 Å². The number of aromatic nitrogens is 3. The van der Waals surface area contributed by atoms with Crippen molar-refractivity contribution in [3.8, 4) is 5.75 Å². The molecule has 5 aromatic rings. The van der Waals surface area contributed by atoms with Crippen LogP contribution >= 0.6 is 11.3 Å². The molecule has 2 aromatic heterocycles. The van der Waals surface area contributed by atoms with E-state index in [9.17, 15) is 4.79 Å². The fourth-order valence-electron chi connectivity index (χ4n) is 3.48. The highest BCUT2D eigenvalue weighted by Gasteiger charge is 2.09. The fourth-order valence-corrected chi connectivity index (χ4v) is 4.19. The van der Waals surface area contributed by atoms with Crippen LogP contribution in [0.25, 0.3) is 10.2 Å². The number of anilines is 5. The lowest BCUT2D eigenvalue weighted by molar-refractivity contribution is 0.102. The van der Waals surface area contributed by atoms with Gasteiger partial charge in [0.1, 0.15) is 11.6 Å². The molecule has 5 rings (SSSR count). The van der Waals surface area contributed by atoms with Crippen molar-refractivity contribution in [2.75, 3.05) is 23.1 Å². The van der Waals surface area contributed by atoms with E-state index in [-0.39, 0.29) is 5.91 Å². The van der Waals surface area contributed by atoms with E-state index in [1.807, 2.05) is 73.7 Å². The van der Waals surface area contributed by atoms with Gasteiger partial charge in [-0.2, -0.15) is 4.98 Å². The zero-order chi connectivity index (χ0) is 24.2. The third-order valence-electron chi connectivity index (χ3n) is 5.21. The van der Waals surface area contributed by atoms with E-state index in [1.165, 1.54) is 11.3 Å². The molecule has 1 amide bonds. The van der Waals surface area contributed by atoms with Gasteiger partial charge in [-0.05, 0) is 73.7 Å². The maximum atomic E-state index is 12.6. The van der Waals surface area contributed by atoms with E-state index in [0.29, 0.717) is 23.0 Å². The number of thiazole rings is 1. The summed E-state index contributed by atoms with van der Waals surface area (Å²) < 4.78 is 6.18. The Labute approximate surface area is 206 Å². The Morgan fingerprint density at radius 2 is 1.57 bits per heavy atom. The number of hydrogen-bond donors (Lipinski definition) is 3. The van der Waals surface area contributed by atoms with Crippen molar-refractivity contribution in [1.82, 2.24) is 15.0 Å². The van der Waals surface area contributed by atoms with Crippen molar-refractivity contribution in [2.45, 2.75) is 6.92 Å². The molecule has 2 heterocycles. The second kappa shape index (κ2) is 9.78. The number of carbonyl (C=O) groups is 1. The van der Waals surface area contributed by atoms with E-state index in [2.05, 4.69) is 30.9 Å². The molecule has 8 nitrogen and oxygen atoms in total. The monoisotopic (exact) mass is 482 g/mol. The van der Waals surface area contributed by atoms with Gasteiger partial charge in [-0.1, -0.05) is 0 Å². The zero-order valence-corrected chi connectivity index (χ0v) is 19.9. The number of benzene rings is 3. The number of aryl methyl sites for hydroxylation is 1. The average molecular weight is 483 g/mol. The smallest absolute Gasteiger partial charge is 0.255 e. The van der Waals surface area contributed by atoms with E-state index in [0.717, 1.165) is 33.0 Å². The molecule has 0 unspecified atom stereocenters. The summed E-state index contributed by atoms with van der Waals surface area (Å²) in [6, 6.07) is 22.4. The van der Waals surface area contributed by atoms with Crippen molar-refractivity contribution >= 4 is 56.3 Å². The summed E-state index contributed by atoms with van der Waals surface area (Å²) in [5, 5.41) is 9.43. The molecule has 35 heavy (non-hydrogen) atoms. The van der Waals surface area contributed by atoms with Crippen LogP contribution in [0.3, 0.4) is 0 Å². The van der Waals surface area contributed by atoms with Crippen LogP contribution in [0.2, 0.25) is 0 Å². The Hall–Kier alpha value is -4.50. The van der Waals surface area contributed by atoms with Gasteiger partial charge in [-0.25, -0.2) is 9.97 Å². The van der Waals surface area contributed by atoms with Crippen molar-refractivity contribution in [3.05, 3.63) is 89.6 Å². The molecule has 0 aliphatic rings. The van der Waals surface area contributed by atoms with Gasteiger partial charge >= 0.3 is 0 Å². The maximum Gasteiger partial charge on any atom is 0.255 e. The lowest BCUT2D eigenvalue weighted by Gasteiger charge is -2.11. The van der Waals surface area contributed by atoms with Crippen LogP contribution in [0.5, 0.6) is 5.75 Å². The summed E-state index contributed by atoms with van der Waals surface area (Å²) in [5.41, 5.74) is 6.46. The largest absolute Gasteiger partial charge is 0.497 e. The van der Waals surface area contributed by atoms with Crippen molar-refractivity contribution in [3.63, 3.8) is 0 Å². The first-order chi connectivity index (χ1) is 17.1. The fraction of sp³-hybridized carbons (Fsp3) is 0.0769. The van der Waals surface area contributed by atoms with Gasteiger partial charge in [0.15, 0.2) is 0 Å². The van der Waals surface area contributed by atoms with Gasteiger partial charge in [0.25, 0.3) is 5.91 Å². The summed E-state index contributed by atoms with van der Waals surface area (Å²) in [5.74, 6) is 1.76. The number of fused-ring (bicyclic) bond motifs is 1. The van der Waals surface area contributed by atoms with Gasteiger partial charge in [0.05, 0.1) is 22.8 Å². The Kier molecular flexibility index (Phi) is 6.23. The van der Waals surface area contributed by atoms with Gasteiger partial charge in [0.2, 0.25) is 5.95 Å². The van der Waals surface area contributed by atoms with Crippen LogP contribution in [0, 0.1) is 6.92 Å². The maximum absolute atomic E-state index is 12.6. The zero-order valence-electron chi connectivity index (χ0n) is 19.1. The highest BCUT2D eigenvalue weighted by atomic mass is 32.1. The minimum Gasteiger partial charge on any atom is -0.497 e. The third kappa shape index (κ3) is 5.36. The first kappa shape index (κ1) is 22.3. The molecule has 0 aliphatic heterocycles. The Morgan fingerprint density at radius 1 is 0.857 bits per heavy atom. The highest BCUT2D eigenvalue weighted by molar-refractivity contribution is 7.16. The van der Waals surface area contributed by atoms with Gasteiger partial charge in [-0.15, -0.1) is 11.3 Å². The molecular formula is C26H22N6O2S. The number of nitrogens with one attached hydrogen (secondary N) is 3. The molecule has 0 spiro atoms. The molecule has 0 radical (unpaired) electrons.